The van der Waals surface area contributed by atoms with E-state index in [1.807, 2.05) is 59.9 Å². The first-order valence-corrected chi connectivity index (χ1v) is 35.5. The number of hydrogen-bond acceptors (Lipinski definition) is 14. The third-order valence-corrected chi connectivity index (χ3v) is 24.0. The van der Waals surface area contributed by atoms with Gasteiger partial charge in [-0.25, -0.2) is 39.9 Å². The number of hydrogen-bond donors (Lipinski definition) is 0. The molecular formula is C80H44N8S6. The van der Waals surface area contributed by atoms with E-state index in [0.29, 0.717) is 34.9 Å². The number of benzene rings is 12. The van der Waals surface area contributed by atoms with Crippen LogP contribution in [0.5, 0.6) is 0 Å². The zero-order valence-corrected chi connectivity index (χ0v) is 54.3. The molecule has 440 valence electrons. The summed E-state index contributed by atoms with van der Waals surface area (Å²) in [6.45, 7) is 0. The van der Waals surface area contributed by atoms with Gasteiger partial charge >= 0.3 is 0 Å². The summed E-state index contributed by atoms with van der Waals surface area (Å²) in [5.41, 5.74) is 10.3. The lowest BCUT2D eigenvalue weighted by Crippen LogP contribution is -2.00. The first-order chi connectivity index (χ1) is 46.5. The highest BCUT2D eigenvalue weighted by atomic mass is 32.1. The van der Waals surface area contributed by atoms with Crippen LogP contribution >= 0.6 is 68.0 Å². The van der Waals surface area contributed by atoms with Crippen LogP contribution in [0.2, 0.25) is 0 Å². The average molecular weight is 1310 g/mol. The summed E-state index contributed by atoms with van der Waals surface area (Å²) in [7, 11) is 0. The quantitative estimate of drug-likeness (QED) is 0.148. The Balaban J connectivity index is 0.000000133. The second-order valence-electron chi connectivity index (χ2n) is 22.8. The van der Waals surface area contributed by atoms with Gasteiger partial charge in [0.15, 0.2) is 34.9 Å². The van der Waals surface area contributed by atoms with Crippen LogP contribution in [-0.2, 0) is 0 Å². The molecule has 0 N–H and O–H groups in total. The lowest BCUT2D eigenvalue weighted by Gasteiger charge is -2.10. The van der Waals surface area contributed by atoms with Crippen LogP contribution in [-0.4, -0.2) is 39.9 Å². The van der Waals surface area contributed by atoms with E-state index in [1.54, 1.807) is 56.7 Å². The zero-order valence-electron chi connectivity index (χ0n) is 49.4. The zero-order chi connectivity index (χ0) is 61.8. The van der Waals surface area contributed by atoms with Crippen LogP contribution in [0.3, 0.4) is 0 Å². The molecule has 0 amide bonds. The standard InChI is InChI=1S/2C40H22N4S3/c1-2-11-23(12-3-1)37-42-38(26-15-9-21-32-34(26)24-13-4-6-19-30(24)45-32)44-39(43-37)27-16-10-22-33-35(27)25-14-8-17-28(36(25)46-33)40-41-29-18-5-7-20-31(29)47-40;1-2-10-23(11-3-1)37-42-38(24-20-21-32-29(22-24)25-12-4-6-17-31(25)45-32)44-39(43-37)27-14-9-19-34-35(27)26-13-8-15-28(36(26)46-34)40-41-30-16-5-7-18-33(30)47-40/h2*1-22H. The number of thiazole rings is 2. The summed E-state index contributed by atoms with van der Waals surface area (Å²) in [6.07, 6.45) is 0. The molecule has 0 bridgehead atoms. The van der Waals surface area contributed by atoms with E-state index in [2.05, 4.69) is 218 Å². The summed E-state index contributed by atoms with van der Waals surface area (Å²) < 4.78 is 12.2. The van der Waals surface area contributed by atoms with E-state index >= 15 is 0 Å². The van der Waals surface area contributed by atoms with Crippen LogP contribution in [0, 0.1) is 0 Å². The maximum atomic E-state index is 5.26. The lowest BCUT2D eigenvalue weighted by molar-refractivity contribution is 1.08. The second kappa shape index (κ2) is 22.6. The number of aromatic nitrogens is 8. The van der Waals surface area contributed by atoms with Crippen molar-refractivity contribution in [1.82, 2.24) is 39.9 Å². The summed E-state index contributed by atoms with van der Waals surface area (Å²) in [5, 5.41) is 11.6. The molecule has 14 heteroatoms. The molecule has 0 aliphatic rings. The van der Waals surface area contributed by atoms with E-state index in [4.69, 9.17) is 39.9 Å². The molecule has 94 heavy (non-hydrogen) atoms. The number of fused-ring (bicyclic) bond motifs is 14. The van der Waals surface area contributed by atoms with Gasteiger partial charge in [0.25, 0.3) is 0 Å². The fraction of sp³-hybridized carbons (Fsp3) is 0. The highest BCUT2D eigenvalue weighted by Gasteiger charge is 2.24. The second-order valence-corrected chi connectivity index (χ2v) is 29.2. The van der Waals surface area contributed by atoms with E-state index in [1.165, 1.54) is 79.3 Å². The van der Waals surface area contributed by atoms with Crippen molar-refractivity contribution in [2.75, 3.05) is 0 Å². The van der Waals surface area contributed by atoms with Crippen molar-refractivity contribution in [1.29, 1.82) is 0 Å². The molecule has 20 aromatic rings. The maximum Gasteiger partial charge on any atom is 0.164 e. The molecule has 0 aliphatic heterocycles. The Hall–Kier alpha value is -10.7. The molecule has 0 spiro atoms. The maximum absolute atomic E-state index is 5.26. The van der Waals surface area contributed by atoms with Crippen molar-refractivity contribution < 1.29 is 0 Å². The Morgan fingerprint density at radius 3 is 1.06 bits per heavy atom. The number of nitrogens with zero attached hydrogens (tertiary/aromatic N) is 8. The van der Waals surface area contributed by atoms with Crippen molar-refractivity contribution in [2.45, 2.75) is 0 Å². The molecule has 8 aromatic heterocycles. The molecule has 12 aromatic carbocycles. The van der Waals surface area contributed by atoms with Crippen molar-refractivity contribution in [3.05, 3.63) is 267 Å². The van der Waals surface area contributed by atoms with Crippen LogP contribution in [0.25, 0.3) is 191 Å². The Morgan fingerprint density at radius 1 is 0.191 bits per heavy atom. The van der Waals surface area contributed by atoms with E-state index in [0.717, 1.165) is 76.3 Å². The van der Waals surface area contributed by atoms with Crippen molar-refractivity contribution in [2.24, 2.45) is 0 Å². The molecular weight excluding hydrogens is 1270 g/mol. The monoisotopic (exact) mass is 1310 g/mol. The normalized spacial score (nSPS) is 11.8. The third-order valence-electron chi connectivity index (χ3n) is 17.2. The van der Waals surface area contributed by atoms with Gasteiger partial charge in [-0.1, -0.05) is 194 Å². The minimum absolute atomic E-state index is 0.660. The molecule has 0 fully saturated rings. The van der Waals surface area contributed by atoms with Gasteiger partial charge < -0.3 is 0 Å². The van der Waals surface area contributed by atoms with Gasteiger partial charge in [0.1, 0.15) is 10.0 Å². The van der Waals surface area contributed by atoms with Crippen LogP contribution in [0.1, 0.15) is 0 Å². The van der Waals surface area contributed by atoms with Crippen molar-refractivity contribution >= 4 is 169 Å². The highest BCUT2D eigenvalue weighted by molar-refractivity contribution is 7.28. The summed E-state index contributed by atoms with van der Waals surface area (Å²) >= 11 is 10.7. The number of rotatable bonds is 8. The Labute approximate surface area is 560 Å². The predicted octanol–water partition coefficient (Wildman–Crippen LogP) is 23.8. The van der Waals surface area contributed by atoms with Crippen molar-refractivity contribution in [3.8, 4) is 89.5 Å². The van der Waals surface area contributed by atoms with E-state index in [-0.39, 0.29) is 0 Å². The Bertz CT molecular complexity index is 6330. The van der Waals surface area contributed by atoms with Gasteiger partial charge in [0.05, 0.1) is 20.4 Å². The molecule has 0 saturated heterocycles. The molecule has 0 aliphatic carbocycles. The summed E-state index contributed by atoms with van der Waals surface area (Å²) in [5.74, 6) is 4.00. The summed E-state index contributed by atoms with van der Waals surface area (Å²) in [6, 6.07) is 93.2. The van der Waals surface area contributed by atoms with Gasteiger partial charge in [-0.3, -0.25) is 0 Å². The third kappa shape index (κ3) is 9.39. The summed E-state index contributed by atoms with van der Waals surface area (Å²) in [4.78, 5) is 40.9. The molecule has 8 nitrogen and oxygen atoms in total. The first-order valence-electron chi connectivity index (χ1n) is 30.6. The van der Waals surface area contributed by atoms with Gasteiger partial charge in [-0.05, 0) is 72.8 Å². The van der Waals surface area contributed by atoms with Gasteiger partial charge in [-0.15, -0.1) is 68.0 Å². The topological polar surface area (TPSA) is 103 Å². The van der Waals surface area contributed by atoms with Crippen LogP contribution in [0.15, 0.2) is 267 Å². The molecule has 0 saturated carbocycles. The molecule has 20 rings (SSSR count). The molecule has 0 unspecified atom stereocenters. The Kier molecular flexibility index (Phi) is 13.2. The minimum Gasteiger partial charge on any atom is -0.236 e. The van der Waals surface area contributed by atoms with E-state index in [9.17, 15) is 0 Å². The van der Waals surface area contributed by atoms with E-state index < -0.39 is 0 Å². The molecule has 0 radical (unpaired) electrons. The predicted molar refractivity (Wildman–Crippen MR) is 401 cm³/mol. The smallest absolute Gasteiger partial charge is 0.164 e. The van der Waals surface area contributed by atoms with Crippen LogP contribution < -0.4 is 0 Å². The Morgan fingerprint density at radius 2 is 0.543 bits per heavy atom. The highest BCUT2D eigenvalue weighted by Crippen LogP contribution is 2.48. The van der Waals surface area contributed by atoms with Gasteiger partial charge in [0.2, 0.25) is 0 Å². The number of thiophene rings is 4. The fourth-order valence-electron chi connectivity index (χ4n) is 12.9. The number of para-hydroxylation sites is 2. The lowest BCUT2D eigenvalue weighted by atomic mass is 10.0. The molecule has 8 heterocycles. The fourth-order valence-corrected chi connectivity index (χ4v) is 19.7. The van der Waals surface area contributed by atoms with Crippen molar-refractivity contribution in [3.63, 3.8) is 0 Å². The first kappa shape index (κ1) is 55.0. The van der Waals surface area contributed by atoms with Crippen LogP contribution in [0.4, 0.5) is 0 Å². The molecule has 0 atom stereocenters. The SMILES string of the molecule is c1ccc(-c2nc(-c3ccc4sc5ccccc5c4c3)nc(-c3cccc4sc5c(-c6nc7ccccc7s6)cccc5c34)n2)cc1.c1ccc(-c2nc(-c3cccc4sc5ccccc5c34)nc(-c3cccc4sc5c(-c6nc7ccccc7s6)cccc5c34)n2)cc1. The average Bonchev–Trinajstić information content (AvgIpc) is 1.56. The van der Waals surface area contributed by atoms with Gasteiger partial charge in [0, 0.05) is 125 Å². The minimum atomic E-state index is 0.660. The largest absolute Gasteiger partial charge is 0.236 e. The van der Waals surface area contributed by atoms with Gasteiger partial charge in [-0.2, -0.15) is 0 Å².